The number of nitrogens with two attached hydrogens (primary N) is 1. The molecule has 200 valence electrons. The molecule has 7 N–H and O–H groups in total. The van der Waals surface area contributed by atoms with Gasteiger partial charge in [0.1, 0.15) is 29.0 Å². The second-order valence-electron chi connectivity index (χ2n) is 8.43. The van der Waals surface area contributed by atoms with Gasteiger partial charge in [-0.2, -0.15) is 0 Å². The number of benzene rings is 1. The van der Waals surface area contributed by atoms with Crippen LogP contribution in [0.3, 0.4) is 0 Å². The molecule has 16 heteroatoms. The number of fused-ring (bicyclic) bond motifs is 2. The number of carboxylic acids is 1. The fourth-order valence-corrected chi connectivity index (χ4v) is 6.02. The molecule has 1 unspecified atom stereocenters. The van der Waals surface area contributed by atoms with Crippen molar-refractivity contribution in [2.45, 2.75) is 18.0 Å². The van der Waals surface area contributed by atoms with Crippen molar-refractivity contribution in [2.24, 2.45) is 5.16 Å². The van der Waals surface area contributed by atoms with Crippen LogP contribution in [0.5, 0.6) is 11.5 Å². The van der Waals surface area contributed by atoms with Gasteiger partial charge in [0.15, 0.2) is 28.9 Å². The topological polar surface area (TPSA) is 215 Å². The molecular formula is C23H20N7O7S2+. The van der Waals surface area contributed by atoms with Crippen molar-refractivity contribution in [2.75, 3.05) is 11.5 Å². The predicted octanol–water partition coefficient (Wildman–Crippen LogP) is 0.146. The number of carbonyl (C=O) groups is 3. The zero-order chi connectivity index (χ0) is 27.8. The number of aliphatic carboxylic acids is 1. The molecule has 0 radical (unpaired) electrons. The van der Waals surface area contributed by atoms with E-state index in [1.54, 1.807) is 23.0 Å². The minimum atomic E-state index is -1.29. The van der Waals surface area contributed by atoms with Crippen molar-refractivity contribution >= 4 is 62.5 Å². The van der Waals surface area contributed by atoms with Crippen LogP contribution in [0.4, 0.5) is 5.13 Å². The van der Waals surface area contributed by atoms with Crippen LogP contribution in [0.15, 0.2) is 58.5 Å². The van der Waals surface area contributed by atoms with Gasteiger partial charge >= 0.3 is 5.97 Å². The van der Waals surface area contributed by atoms with Gasteiger partial charge in [-0.05, 0) is 28.9 Å². The van der Waals surface area contributed by atoms with E-state index in [4.69, 9.17) is 5.73 Å². The molecule has 1 fully saturated rings. The first-order valence-electron chi connectivity index (χ1n) is 11.2. The summed E-state index contributed by atoms with van der Waals surface area (Å²) in [6, 6.07) is 1.77. The molecule has 2 aliphatic heterocycles. The number of nitrogens with one attached hydrogen (secondary N) is 1. The van der Waals surface area contributed by atoms with Gasteiger partial charge in [-0.3, -0.25) is 14.5 Å². The standard InChI is InChI=1S/C23H19N7O7S2/c24-23-26-13(9-39-23)16(28-37)19(33)27-17-20(34)30-18(22(35)36)10(8-38-21(17)30)2-1-3-29-7-12-5-15(32)14(31)4-11(12)6-25-29/h1-2,4-7,9,17,21H,3,8H2,(H6,24,26,27,32,33,35,36,37)/p+1/b2-1+/t17?,21-/m1/s1. The number of phenols is 2. The Balaban J connectivity index is 1.30. The number of oxime groups is 1. The number of aromatic nitrogens is 3. The summed E-state index contributed by atoms with van der Waals surface area (Å²) in [7, 11) is 0. The van der Waals surface area contributed by atoms with Crippen LogP contribution >= 0.6 is 23.1 Å². The van der Waals surface area contributed by atoms with E-state index in [1.165, 1.54) is 35.5 Å². The Hall–Kier alpha value is -4.70. The van der Waals surface area contributed by atoms with E-state index in [0.717, 1.165) is 16.2 Å². The highest BCUT2D eigenvalue weighted by Gasteiger charge is 2.54. The van der Waals surface area contributed by atoms with E-state index < -0.39 is 34.9 Å². The average Bonchev–Trinajstić information content (AvgIpc) is 3.33. The Kier molecular flexibility index (Phi) is 6.80. The van der Waals surface area contributed by atoms with Crippen molar-refractivity contribution in [3.8, 4) is 11.5 Å². The SMILES string of the molecule is Nc1nc(/C(=N/O)C(=O)NC2C(=O)N3C(C(=O)O)=C(/C=C/C[n+]4cc5cc(O)c(O)cc5cn4)CS[C@H]23)cs1. The third-order valence-corrected chi connectivity index (χ3v) is 7.97. The zero-order valence-electron chi connectivity index (χ0n) is 19.8. The summed E-state index contributed by atoms with van der Waals surface area (Å²) in [5, 5.41) is 50.4. The quantitative estimate of drug-likeness (QED) is 0.0561. The van der Waals surface area contributed by atoms with Crippen LogP contribution < -0.4 is 15.7 Å². The number of nitrogen functional groups attached to an aromatic ring is 1. The predicted molar refractivity (Wildman–Crippen MR) is 139 cm³/mol. The highest BCUT2D eigenvalue weighted by atomic mass is 32.2. The normalized spacial score (nSPS) is 19.3. The Labute approximate surface area is 227 Å². The van der Waals surface area contributed by atoms with Gasteiger partial charge < -0.3 is 31.6 Å². The maximum absolute atomic E-state index is 12.9. The van der Waals surface area contributed by atoms with Gasteiger partial charge in [0.25, 0.3) is 11.8 Å². The van der Waals surface area contributed by atoms with Crippen molar-refractivity contribution in [1.29, 1.82) is 0 Å². The Morgan fingerprint density at radius 3 is 2.69 bits per heavy atom. The minimum Gasteiger partial charge on any atom is -0.504 e. The second-order valence-corrected chi connectivity index (χ2v) is 10.4. The number of phenolic OH excluding ortho intramolecular Hbond substituents is 2. The number of rotatable bonds is 7. The lowest BCUT2D eigenvalue weighted by Gasteiger charge is -2.49. The summed E-state index contributed by atoms with van der Waals surface area (Å²) in [6.45, 7) is 0.263. The van der Waals surface area contributed by atoms with Crippen LogP contribution in [0, 0.1) is 0 Å². The molecule has 2 aliphatic rings. The molecule has 2 aromatic heterocycles. The molecule has 5 rings (SSSR count). The Morgan fingerprint density at radius 2 is 2.03 bits per heavy atom. The van der Waals surface area contributed by atoms with E-state index >= 15 is 0 Å². The number of amides is 2. The molecule has 0 spiro atoms. The number of anilines is 1. The molecule has 1 aromatic carbocycles. The van der Waals surface area contributed by atoms with Gasteiger partial charge in [0, 0.05) is 16.5 Å². The molecule has 1 saturated heterocycles. The number of aromatic hydroxyl groups is 2. The first-order chi connectivity index (χ1) is 18.7. The minimum absolute atomic E-state index is 0.0460. The van der Waals surface area contributed by atoms with Gasteiger partial charge in [-0.1, -0.05) is 15.9 Å². The van der Waals surface area contributed by atoms with Crippen molar-refractivity contribution in [3.05, 3.63) is 59.0 Å². The van der Waals surface area contributed by atoms with Gasteiger partial charge in [0.2, 0.25) is 6.20 Å². The molecule has 39 heavy (non-hydrogen) atoms. The first-order valence-corrected chi connectivity index (χ1v) is 13.1. The molecule has 4 heterocycles. The third-order valence-electron chi connectivity index (χ3n) is 5.99. The number of thioether (sulfide) groups is 1. The van der Waals surface area contributed by atoms with E-state index in [1.807, 2.05) is 0 Å². The zero-order valence-corrected chi connectivity index (χ0v) is 21.4. The first kappa shape index (κ1) is 25.9. The van der Waals surface area contributed by atoms with Crippen molar-refractivity contribution in [3.63, 3.8) is 0 Å². The largest absolute Gasteiger partial charge is 0.504 e. The van der Waals surface area contributed by atoms with Crippen LogP contribution in [-0.4, -0.2) is 76.2 Å². The lowest BCUT2D eigenvalue weighted by atomic mass is 10.0. The number of nitrogens with zero attached hydrogens (tertiary/aromatic N) is 5. The summed E-state index contributed by atoms with van der Waals surface area (Å²) < 4.78 is 1.56. The number of hydrogen-bond donors (Lipinski definition) is 6. The number of carboxylic acid groups (broad SMARTS) is 1. The molecule has 0 aliphatic carbocycles. The second kappa shape index (κ2) is 10.2. The van der Waals surface area contributed by atoms with E-state index in [2.05, 4.69) is 20.6 Å². The molecule has 2 atom stereocenters. The summed E-state index contributed by atoms with van der Waals surface area (Å²) in [6.07, 6.45) is 6.47. The lowest BCUT2D eigenvalue weighted by molar-refractivity contribution is -0.743. The van der Waals surface area contributed by atoms with Gasteiger partial charge in [-0.25, -0.2) is 9.78 Å². The Morgan fingerprint density at radius 1 is 1.28 bits per heavy atom. The number of carbonyl (C=O) groups excluding carboxylic acids is 2. The molecule has 0 saturated carbocycles. The van der Waals surface area contributed by atoms with Gasteiger partial charge in [-0.15, -0.1) is 23.1 Å². The maximum atomic E-state index is 12.9. The van der Waals surface area contributed by atoms with E-state index in [9.17, 15) is 34.9 Å². The molecule has 2 amide bonds. The summed E-state index contributed by atoms with van der Waals surface area (Å²) in [5.41, 5.74) is 5.41. The highest BCUT2D eigenvalue weighted by molar-refractivity contribution is 8.00. The van der Waals surface area contributed by atoms with Crippen LogP contribution in [0.25, 0.3) is 10.8 Å². The van der Waals surface area contributed by atoms with Crippen molar-refractivity contribution in [1.82, 2.24) is 20.3 Å². The van der Waals surface area contributed by atoms with E-state index in [0.29, 0.717) is 16.3 Å². The van der Waals surface area contributed by atoms with Gasteiger partial charge in [0.05, 0.1) is 5.39 Å². The fraction of sp³-hybridized carbons (Fsp3) is 0.174. The third kappa shape index (κ3) is 4.82. The number of β-lactam (4-membered cyclic amide) rings is 1. The summed E-state index contributed by atoms with van der Waals surface area (Å²) in [5.74, 6) is -3.02. The summed E-state index contributed by atoms with van der Waals surface area (Å²) >= 11 is 2.32. The monoisotopic (exact) mass is 570 g/mol. The van der Waals surface area contributed by atoms with E-state index in [-0.39, 0.29) is 40.3 Å². The molecular weight excluding hydrogens is 550 g/mol. The fourth-order valence-electron chi connectivity index (χ4n) is 4.16. The smallest absolute Gasteiger partial charge is 0.352 e. The lowest BCUT2D eigenvalue weighted by Crippen LogP contribution is -2.71. The number of hydrogen-bond acceptors (Lipinski definition) is 12. The highest BCUT2D eigenvalue weighted by Crippen LogP contribution is 2.40. The number of thiazole rings is 1. The van der Waals surface area contributed by atoms with Crippen LogP contribution in [0.1, 0.15) is 5.69 Å². The molecule has 14 nitrogen and oxygen atoms in total. The summed E-state index contributed by atoms with van der Waals surface area (Å²) in [4.78, 5) is 42.7. The molecule has 3 aromatic rings. The average molecular weight is 571 g/mol. The maximum Gasteiger partial charge on any atom is 0.352 e. The van der Waals surface area contributed by atoms with Crippen LogP contribution in [0.2, 0.25) is 0 Å². The molecule has 0 bridgehead atoms. The Bertz CT molecular complexity index is 1620. The van der Waals surface area contributed by atoms with Crippen molar-refractivity contribution < 1.29 is 39.6 Å². The number of allylic oxidation sites excluding steroid dienone is 2. The van der Waals surface area contributed by atoms with Crippen LogP contribution in [-0.2, 0) is 20.9 Å².